The van der Waals surface area contributed by atoms with Gasteiger partial charge in [0.05, 0.1) is 12.6 Å². The molecule has 1 aliphatic heterocycles. The molecule has 0 radical (unpaired) electrons. The SMILES string of the molecule is CC(C)[C@H]1C(=O)N[C@@H](CO)Cc2cc3c(cc2N1C)C1(CCCCC1)CCC3. The molecule has 1 saturated carbocycles. The highest BCUT2D eigenvalue weighted by Crippen LogP contribution is 2.49. The van der Waals surface area contributed by atoms with Crippen LogP contribution in [0.5, 0.6) is 0 Å². The fourth-order valence-corrected chi connectivity index (χ4v) is 6.17. The van der Waals surface area contributed by atoms with E-state index in [2.05, 4.69) is 43.2 Å². The molecule has 1 fully saturated rings. The summed E-state index contributed by atoms with van der Waals surface area (Å²) in [6.45, 7) is 4.20. The Hall–Kier alpha value is -1.55. The highest BCUT2D eigenvalue weighted by Gasteiger charge is 2.39. The van der Waals surface area contributed by atoms with Crippen molar-refractivity contribution in [1.29, 1.82) is 0 Å². The molecule has 1 aromatic carbocycles. The van der Waals surface area contributed by atoms with Crippen molar-refractivity contribution in [2.75, 3.05) is 18.6 Å². The summed E-state index contributed by atoms with van der Waals surface area (Å²) < 4.78 is 0. The van der Waals surface area contributed by atoms with E-state index >= 15 is 0 Å². The Morgan fingerprint density at radius 2 is 1.86 bits per heavy atom. The van der Waals surface area contributed by atoms with E-state index < -0.39 is 0 Å². The van der Waals surface area contributed by atoms with E-state index in [9.17, 15) is 9.90 Å². The maximum Gasteiger partial charge on any atom is 0.243 e. The first-order valence-corrected chi connectivity index (χ1v) is 11.3. The predicted molar refractivity (Wildman–Crippen MR) is 114 cm³/mol. The highest BCUT2D eigenvalue weighted by molar-refractivity contribution is 5.87. The van der Waals surface area contributed by atoms with Crippen molar-refractivity contribution in [3.63, 3.8) is 0 Å². The summed E-state index contributed by atoms with van der Waals surface area (Å²) in [4.78, 5) is 15.1. The number of hydrogen-bond donors (Lipinski definition) is 2. The van der Waals surface area contributed by atoms with Gasteiger partial charge in [-0.2, -0.15) is 0 Å². The second-order valence-electron chi connectivity index (χ2n) is 9.72. The van der Waals surface area contributed by atoms with Crippen molar-refractivity contribution in [3.05, 3.63) is 28.8 Å². The summed E-state index contributed by atoms with van der Waals surface area (Å²) >= 11 is 0. The number of carbonyl (C=O) groups excluding carboxylic acids is 1. The molecule has 0 saturated heterocycles. The van der Waals surface area contributed by atoms with Gasteiger partial charge in [0.25, 0.3) is 0 Å². The molecule has 2 N–H and O–H groups in total. The zero-order valence-electron chi connectivity index (χ0n) is 17.8. The average Bonchev–Trinajstić information content (AvgIpc) is 2.66. The molecule has 4 nitrogen and oxygen atoms in total. The number of nitrogens with zero attached hydrogens (tertiary/aromatic N) is 1. The second kappa shape index (κ2) is 7.70. The number of likely N-dealkylation sites (N-methyl/N-ethyl adjacent to an activating group) is 1. The first kappa shape index (κ1) is 19.8. The van der Waals surface area contributed by atoms with E-state index in [0.717, 1.165) is 6.42 Å². The van der Waals surface area contributed by atoms with Gasteiger partial charge >= 0.3 is 0 Å². The minimum absolute atomic E-state index is 0.0132. The van der Waals surface area contributed by atoms with Crippen molar-refractivity contribution < 1.29 is 9.90 Å². The molecule has 1 aromatic rings. The highest BCUT2D eigenvalue weighted by atomic mass is 16.3. The maximum absolute atomic E-state index is 12.9. The number of aliphatic hydroxyl groups is 1. The summed E-state index contributed by atoms with van der Waals surface area (Å²) in [7, 11) is 2.07. The van der Waals surface area contributed by atoms with Gasteiger partial charge in [0.15, 0.2) is 0 Å². The van der Waals surface area contributed by atoms with Crippen LogP contribution in [-0.4, -0.2) is 36.8 Å². The zero-order chi connectivity index (χ0) is 19.9. The summed E-state index contributed by atoms with van der Waals surface area (Å²) in [6, 6.07) is 4.44. The van der Waals surface area contributed by atoms with E-state index in [1.807, 2.05) is 0 Å². The third kappa shape index (κ3) is 3.34. The summed E-state index contributed by atoms with van der Waals surface area (Å²) in [6.07, 6.45) is 11.2. The molecular weight excluding hydrogens is 348 g/mol. The first-order valence-electron chi connectivity index (χ1n) is 11.3. The molecule has 3 aliphatic rings. The van der Waals surface area contributed by atoms with Crippen molar-refractivity contribution in [2.24, 2.45) is 5.92 Å². The van der Waals surface area contributed by atoms with Crippen LogP contribution in [0.2, 0.25) is 0 Å². The molecule has 0 bridgehead atoms. The van der Waals surface area contributed by atoms with E-state index in [4.69, 9.17) is 0 Å². The smallest absolute Gasteiger partial charge is 0.243 e. The maximum atomic E-state index is 12.9. The van der Waals surface area contributed by atoms with Crippen LogP contribution in [0.25, 0.3) is 0 Å². The van der Waals surface area contributed by atoms with Crippen LogP contribution >= 0.6 is 0 Å². The minimum atomic E-state index is -0.211. The molecule has 4 heteroatoms. The van der Waals surface area contributed by atoms with Gasteiger partial charge in [-0.15, -0.1) is 0 Å². The number of anilines is 1. The number of carbonyl (C=O) groups is 1. The molecule has 154 valence electrons. The van der Waals surface area contributed by atoms with Crippen molar-refractivity contribution in [2.45, 2.75) is 89.1 Å². The van der Waals surface area contributed by atoms with E-state index in [0.29, 0.717) is 11.8 Å². The lowest BCUT2D eigenvalue weighted by atomic mass is 9.62. The molecule has 1 heterocycles. The van der Waals surface area contributed by atoms with Gasteiger partial charge in [0.1, 0.15) is 6.04 Å². The van der Waals surface area contributed by atoms with Gasteiger partial charge in [-0.25, -0.2) is 0 Å². The quantitative estimate of drug-likeness (QED) is 0.817. The van der Waals surface area contributed by atoms with Crippen LogP contribution in [0.3, 0.4) is 0 Å². The fourth-order valence-electron chi connectivity index (χ4n) is 6.17. The van der Waals surface area contributed by atoms with E-state index in [1.165, 1.54) is 61.8 Å². The van der Waals surface area contributed by atoms with Gasteiger partial charge in [0, 0.05) is 12.7 Å². The Bertz CT molecular complexity index is 736. The van der Waals surface area contributed by atoms with Crippen LogP contribution in [0.4, 0.5) is 5.69 Å². The predicted octanol–water partition coefficient (Wildman–Crippen LogP) is 3.72. The molecule has 1 amide bonds. The number of aliphatic hydroxyl groups excluding tert-OH is 1. The first-order chi connectivity index (χ1) is 13.4. The van der Waals surface area contributed by atoms with Crippen LogP contribution in [0, 0.1) is 5.92 Å². The molecule has 0 unspecified atom stereocenters. The molecule has 2 atom stereocenters. The molecule has 28 heavy (non-hydrogen) atoms. The lowest BCUT2D eigenvalue weighted by Gasteiger charge is -2.44. The van der Waals surface area contributed by atoms with Crippen LogP contribution < -0.4 is 10.2 Å². The number of fused-ring (bicyclic) bond motifs is 3. The fraction of sp³-hybridized carbons (Fsp3) is 0.708. The number of hydrogen-bond acceptors (Lipinski definition) is 3. The minimum Gasteiger partial charge on any atom is -0.394 e. The lowest BCUT2D eigenvalue weighted by molar-refractivity contribution is -0.124. The van der Waals surface area contributed by atoms with Gasteiger partial charge < -0.3 is 15.3 Å². The van der Waals surface area contributed by atoms with Gasteiger partial charge in [-0.1, -0.05) is 39.2 Å². The number of amides is 1. The molecular formula is C24H36N2O2. The van der Waals surface area contributed by atoms with Gasteiger partial charge in [0.2, 0.25) is 5.91 Å². The van der Waals surface area contributed by atoms with Gasteiger partial charge in [-0.3, -0.25) is 4.79 Å². The summed E-state index contributed by atoms with van der Waals surface area (Å²) in [5.74, 6) is 0.238. The number of aryl methyl sites for hydroxylation is 1. The normalized spacial score (nSPS) is 27.0. The lowest BCUT2D eigenvalue weighted by Crippen LogP contribution is -2.54. The number of nitrogens with one attached hydrogen (secondary N) is 1. The molecule has 2 aliphatic carbocycles. The second-order valence-corrected chi connectivity index (χ2v) is 9.72. The largest absolute Gasteiger partial charge is 0.394 e. The average molecular weight is 385 g/mol. The Morgan fingerprint density at radius 3 is 2.54 bits per heavy atom. The van der Waals surface area contributed by atoms with Crippen molar-refractivity contribution >= 4 is 11.6 Å². The Morgan fingerprint density at radius 1 is 1.14 bits per heavy atom. The molecule has 0 aromatic heterocycles. The van der Waals surface area contributed by atoms with Crippen LogP contribution in [0.15, 0.2) is 12.1 Å². The van der Waals surface area contributed by atoms with E-state index in [1.54, 1.807) is 5.56 Å². The van der Waals surface area contributed by atoms with Crippen molar-refractivity contribution in [3.8, 4) is 0 Å². The number of rotatable bonds is 2. The van der Waals surface area contributed by atoms with Crippen LogP contribution in [0.1, 0.15) is 75.5 Å². The zero-order valence-corrected chi connectivity index (χ0v) is 17.8. The standard InChI is InChI=1S/C24H36N2O2/c1-16(2)22-23(28)25-19(15-27)13-18-12-17-8-7-11-24(9-5-4-6-10-24)20(17)14-21(18)26(22)3/h12,14,16,19,22,27H,4-11,13,15H2,1-3H3,(H,25,28)/t19-,22+/m1/s1. The van der Waals surface area contributed by atoms with Crippen molar-refractivity contribution in [1.82, 2.24) is 5.32 Å². The van der Waals surface area contributed by atoms with Crippen LogP contribution in [-0.2, 0) is 23.1 Å². The molecule has 4 rings (SSSR count). The summed E-state index contributed by atoms with van der Waals surface area (Å²) in [5.41, 5.74) is 5.92. The third-order valence-electron chi connectivity index (χ3n) is 7.52. The topological polar surface area (TPSA) is 52.6 Å². The van der Waals surface area contributed by atoms with Gasteiger partial charge in [-0.05, 0) is 72.6 Å². The Labute approximate surface area is 169 Å². The number of benzene rings is 1. The molecule has 1 spiro atoms. The Kier molecular flexibility index (Phi) is 5.43. The summed E-state index contributed by atoms with van der Waals surface area (Å²) in [5, 5.41) is 12.9. The monoisotopic (exact) mass is 384 g/mol. The Balaban J connectivity index is 1.83. The third-order valence-corrected chi connectivity index (χ3v) is 7.52. The van der Waals surface area contributed by atoms with E-state index in [-0.39, 0.29) is 30.5 Å².